The Hall–Kier alpha value is -0.640. The number of hydrogen-bond donors (Lipinski definition) is 2. The van der Waals surface area contributed by atoms with Crippen LogP contribution >= 0.6 is 11.6 Å². The zero-order chi connectivity index (χ0) is 14.0. The average Bonchev–Trinajstić information content (AvgIpc) is 2.39. The Morgan fingerprint density at radius 3 is 2.63 bits per heavy atom. The van der Waals surface area contributed by atoms with Gasteiger partial charge in [-0.3, -0.25) is 0 Å². The Labute approximate surface area is 118 Å². The Kier molecular flexibility index (Phi) is 4.49. The lowest BCUT2D eigenvalue weighted by Gasteiger charge is -2.42. The molecule has 1 aromatic carbocycles. The van der Waals surface area contributed by atoms with Gasteiger partial charge in [0.25, 0.3) is 0 Å². The van der Waals surface area contributed by atoms with Crippen LogP contribution in [0.3, 0.4) is 0 Å². The van der Waals surface area contributed by atoms with E-state index in [9.17, 15) is 9.50 Å². The van der Waals surface area contributed by atoms with Gasteiger partial charge >= 0.3 is 0 Å². The summed E-state index contributed by atoms with van der Waals surface area (Å²) in [6, 6.07) is 4.15. The minimum Gasteiger partial charge on any atom is -0.388 e. The fourth-order valence-corrected chi connectivity index (χ4v) is 3.25. The maximum Gasteiger partial charge on any atom is 0.124 e. The molecule has 1 aromatic rings. The molecule has 2 rings (SSSR count). The van der Waals surface area contributed by atoms with E-state index in [0.29, 0.717) is 18.0 Å². The number of aliphatic hydroxyl groups excluding tert-OH is 1. The first-order valence-corrected chi connectivity index (χ1v) is 7.19. The lowest BCUT2D eigenvalue weighted by atomic mass is 9.66. The highest BCUT2D eigenvalue weighted by molar-refractivity contribution is 6.31. The van der Waals surface area contributed by atoms with Gasteiger partial charge < -0.3 is 10.8 Å². The first kappa shape index (κ1) is 14.8. The lowest BCUT2D eigenvalue weighted by molar-refractivity contribution is -0.00815. The van der Waals surface area contributed by atoms with Crippen molar-refractivity contribution < 1.29 is 9.50 Å². The third-order valence-electron chi connectivity index (χ3n) is 4.51. The number of rotatable bonds is 3. The fourth-order valence-electron chi connectivity index (χ4n) is 2.98. The van der Waals surface area contributed by atoms with Gasteiger partial charge in [-0.05, 0) is 36.5 Å². The topological polar surface area (TPSA) is 46.2 Å². The molecule has 4 heteroatoms. The van der Waals surface area contributed by atoms with Gasteiger partial charge in [0.2, 0.25) is 0 Å². The second-order valence-electron chi connectivity index (χ2n) is 5.82. The quantitative estimate of drug-likeness (QED) is 0.890. The van der Waals surface area contributed by atoms with Gasteiger partial charge in [0.05, 0.1) is 6.10 Å². The van der Waals surface area contributed by atoms with Crippen molar-refractivity contribution in [3.63, 3.8) is 0 Å². The van der Waals surface area contributed by atoms with Crippen molar-refractivity contribution >= 4 is 11.6 Å². The van der Waals surface area contributed by atoms with Crippen LogP contribution in [-0.2, 0) is 0 Å². The summed E-state index contributed by atoms with van der Waals surface area (Å²) in [5, 5.41) is 10.9. The zero-order valence-corrected chi connectivity index (χ0v) is 12.0. The van der Waals surface area contributed by atoms with Gasteiger partial charge in [0.15, 0.2) is 0 Å². The summed E-state index contributed by atoms with van der Waals surface area (Å²) < 4.78 is 13.1. The second-order valence-corrected chi connectivity index (χ2v) is 6.22. The van der Waals surface area contributed by atoms with Crippen molar-refractivity contribution in [2.45, 2.75) is 38.7 Å². The van der Waals surface area contributed by atoms with Crippen LogP contribution in [0, 0.1) is 17.2 Å². The smallest absolute Gasteiger partial charge is 0.124 e. The molecule has 1 aliphatic carbocycles. The van der Waals surface area contributed by atoms with Crippen molar-refractivity contribution in [1.29, 1.82) is 0 Å². The van der Waals surface area contributed by atoms with E-state index >= 15 is 0 Å². The van der Waals surface area contributed by atoms with Crippen molar-refractivity contribution in [2.75, 3.05) is 6.54 Å². The van der Waals surface area contributed by atoms with E-state index in [1.807, 2.05) is 0 Å². The van der Waals surface area contributed by atoms with E-state index in [1.165, 1.54) is 12.1 Å². The Morgan fingerprint density at radius 2 is 2.11 bits per heavy atom. The van der Waals surface area contributed by atoms with Gasteiger partial charge in [-0.1, -0.05) is 37.4 Å². The number of benzene rings is 1. The van der Waals surface area contributed by atoms with Gasteiger partial charge in [-0.25, -0.2) is 4.39 Å². The van der Waals surface area contributed by atoms with E-state index in [1.54, 1.807) is 6.07 Å². The van der Waals surface area contributed by atoms with E-state index in [0.717, 1.165) is 25.7 Å². The molecule has 0 spiro atoms. The van der Waals surface area contributed by atoms with Crippen LogP contribution < -0.4 is 5.73 Å². The zero-order valence-electron chi connectivity index (χ0n) is 11.2. The Bertz CT molecular complexity index is 444. The van der Waals surface area contributed by atoms with Gasteiger partial charge in [0.1, 0.15) is 5.82 Å². The molecular formula is C15H21ClFNO. The number of hydrogen-bond acceptors (Lipinski definition) is 2. The summed E-state index contributed by atoms with van der Waals surface area (Å²) in [7, 11) is 0. The molecule has 1 unspecified atom stereocenters. The maximum absolute atomic E-state index is 13.1. The molecule has 1 aliphatic rings. The second kappa shape index (κ2) is 5.78. The molecule has 0 heterocycles. The van der Waals surface area contributed by atoms with Crippen molar-refractivity contribution in [1.82, 2.24) is 0 Å². The first-order chi connectivity index (χ1) is 8.98. The molecule has 19 heavy (non-hydrogen) atoms. The number of nitrogens with two attached hydrogens (primary N) is 1. The third-order valence-corrected chi connectivity index (χ3v) is 4.84. The summed E-state index contributed by atoms with van der Waals surface area (Å²) in [5.74, 6) is 0.288. The molecule has 106 valence electrons. The molecule has 2 nitrogen and oxygen atoms in total. The van der Waals surface area contributed by atoms with Gasteiger partial charge in [-0.2, -0.15) is 0 Å². The van der Waals surface area contributed by atoms with Crippen molar-refractivity contribution in [3.05, 3.63) is 34.6 Å². The third kappa shape index (κ3) is 2.93. The van der Waals surface area contributed by atoms with E-state index in [2.05, 4.69) is 6.92 Å². The molecule has 0 aromatic heterocycles. The summed E-state index contributed by atoms with van der Waals surface area (Å²) in [5.41, 5.74) is 6.19. The SMILES string of the molecule is CC1CCC(CN)(C(O)c2ccc(F)cc2Cl)CC1. The van der Waals surface area contributed by atoms with E-state index in [4.69, 9.17) is 17.3 Å². The predicted molar refractivity (Wildman–Crippen MR) is 75.5 cm³/mol. The number of halogens is 2. The molecule has 1 saturated carbocycles. The maximum atomic E-state index is 13.1. The summed E-state index contributed by atoms with van der Waals surface area (Å²) in [6.07, 6.45) is 3.18. The van der Waals surface area contributed by atoms with Crippen molar-refractivity contribution in [2.24, 2.45) is 17.1 Å². The van der Waals surface area contributed by atoms with E-state index < -0.39 is 6.10 Å². The Morgan fingerprint density at radius 1 is 1.47 bits per heavy atom. The minimum absolute atomic E-state index is 0.277. The molecule has 1 atom stereocenters. The molecule has 0 radical (unpaired) electrons. The standard InChI is InChI=1S/C15H21ClFNO/c1-10-4-6-15(9-18,7-5-10)14(19)12-3-2-11(17)8-13(12)16/h2-3,8,10,14,19H,4-7,9,18H2,1H3. The predicted octanol–water partition coefficient (Wildman–Crippen LogP) is 3.67. The highest BCUT2D eigenvalue weighted by atomic mass is 35.5. The van der Waals surface area contributed by atoms with Crippen LogP contribution in [0.4, 0.5) is 4.39 Å². The highest BCUT2D eigenvalue weighted by Crippen LogP contribution is 2.48. The van der Waals surface area contributed by atoms with Crippen LogP contribution in [0.2, 0.25) is 5.02 Å². The van der Waals surface area contributed by atoms with Crippen LogP contribution in [0.25, 0.3) is 0 Å². The molecule has 1 fully saturated rings. The first-order valence-electron chi connectivity index (χ1n) is 6.81. The average molecular weight is 286 g/mol. The van der Waals surface area contributed by atoms with Crippen LogP contribution in [0.15, 0.2) is 18.2 Å². The van der Waals surface area contributed by atoms with Gasteiger partial charge in [0, 0.05) is 17.0 Å². The summed E-state index contributed by atoms with van der Waals surface area (Å²) in [6.45, 7) is 2.65. The van der Waals surface area contributed by atoms with Crippen LogP contribution in [0.1, 0.15) is 44.3 Å². The molecule has 0 amide bonds. The number of aliphatic hydroxyl groups is 1. The van der Waals surface area contributed by atoms with Gasteiger partial charge in [-0.15, -0.1) is 0 Å². The highest BCUT2D eigenvalue weighted by Gasteiger charge is 2.40. The monoisotopic (exact) mass is 285 g/mol. The minimum atomic E-state index is -0.724. The lowest BCUT2D eigenvalue weighted by Crippen LogP contribution is -2.40. The largest absolute Gasteiger partial charge is 0.388 e. The van der Waals surface area contributed by atoms with E-state index in [-0.39, 0.29) is 16.3 Å². The Balaban J connectivity index is 2.27. The summed E-state index contributed by atoms with van der Waals surface area (Å²) >= 11 is 6.05. The van der Waals surface area contributed by atoms with Crippen LogP contribution in [-0.4, -0.2) is 11.7 Å². The normalized spacial score (nSPS) is 29.2. The molecule has 0 saturated heterocycles. The molecule has 0 bridgehead atoms. The van der Waals surface area contributed by atoms with Crippen LogP contribution in [0.5, 0.6) is 0 Å². The van der Waals surface area contributed by atoms with Crippen molar-refractivity contribution in [3.8, 4) is 0 Å². The molecular weight excluding hydrogens is 265 g/mol. The molecule has 0 aliphatic heterocycles. The summed E-state index contributed by atoms with van der Waals surface area (Å²) in [4.78, 5) is 0. The fraction of sp³-hybridized carbons (Fsp3) is 0.600. The molecule has 3 N–H and O–H groups in total.